The van der Waals surface area contributed by atoms with E-state index in [1.54, 1.807) is 14.2 Å². The third kappa shape index (κ3) is 4.40. The number of hydrogen-bond donors (Lipinski definition) is 1. The molecule has 1 aliphatic carbocycles. The van der Waals surface area contributed by atoms with E-state index in [4.69, 9.17) is 9.47 Å². The first-order valence-corrected chi connectivity index (χ1v) is 6.44. The van der Waals surface area contributed by atoms with Crippen molar-refractivity contribution in [2.75, 3.05) is 34.0 Å². The van der Waals surface area contributed by atoms with Crippen LogP contribution in [0.5, 0.6) is 0 Å². The minimum Gasteiger partial charge on any atom is -0.385 e. The van der Waals surface area contributed by atoms with Gasteiger partial charge in [-0.25, -0.2) is 0 Å². The fraction of sp³-hybridized carbons (Fsp3) is 1.00. The highest BCUT2D eigenvalue weighted by atomic mass is 16.5. The molecule has 3 nitrogen and oxygen atoms in total. The maximum absolute atomic E-state index is 5.20. The number of ether oxygens (including phenoxy) is 2. The molecule has 96 valence electrons. The summed E-state index contributed by atoms with van der Waals surface area (Å²) in [5, 5.41) is 3.63. The van der Waals surface area contributed by atoms with Crippen molar-refractivity contribution in [2.24, 2.45) is 5.41 Å². The molecule has 0 bridgehead atoms. The lowest BCUT2D eigenvalue weighted by molar-refractivity contribution is 0.0654. The van der Waals surface area contributed by atoms with Gasteiger partial charge in [0.2, 0.25) is 0 Å². The molecule has 0 heterocycles. The van der Waals surface area contributed by atoms with Crippen molar-refractivity contribution >= 4 is 0 Å². The molecule has 1 fully saturated rings. The Balaban J connectivity index is 2.17. The van der Waals surface area contributed by atoms with Crippen molar-refractivity contribution < 1.29 is 9.47 Å². The first-order valence-electron chi connectivity index (χ1n) is 6.44. The van der Waals surface area contributed by atoms with Crippen LogP contribution < -0.4 is 5.32 Å². The summed E-state index contributed by atoms with van der Waals surface area (Å²) in [5.41, 5.74) is 0.525. The van der Waals surface area contributed by atoms with Crippen molar-refractivity contribution in [3.63, 3.8) is 0 Å². The topological polar surface area (TPSA) is 30.5 Å². The zero-order chi connectivity index (χ0) is 11.9. The smallest absolute Gasteiger partial charge is 0.0476 e. The van der Waals surface area contributed by atoms with Crippen LogP contribution in [0.3, 0.4) is 0 Å². The van der Waals surface area contributed by atoms with Gasteiger partial charge in [0.1, 0.15) is 0 Å². The fourth-order valence-corrected chi connectivity index (χ4v) is 2.30. The van der Waals surface area contributed by atoms with E-state index in [-0.39, 0.29) is 0 Å². The summed E-state index contributed by atoms with van der Waals surface area (Å²) in [6, 6.07) is 0.556. The molecule has 1 atom stereocenters. The van der Waals surface area contributed by atoms with E-state index in [0.717, 1.165) is 26.2 Å². The maximum atomic E-state index is 5.20. The van der Waals surface area contributed by atoms with Crippen molar-refractivity contribution in [3.05, 3.63) is 0 Å². The van der Waals surface area contributed by atoms with Gasteiger partial charge in [0, 0.05) is 40.0 Å². The molecule has 0 radical (unpaired) electrons. The highest BCUT2D eigenvalue weighted by Crippen LogP contribution is 2.43. The van der Waals surface area contributed by atoms with E-state index in [2.05, 4.69) is 12.2 Å². The summed E-state index contributed by atoms with van der Waals surface area (Å²) >= 11 is 0. The zero-order valence-corrected chi connectivity index (χ0v) is 11.1. The normalized spacial score (nSPS) is 20.4. The number of rotatable bonds is 9. The van der Waals surface area contributed by atoms with Crippen LogP contribution in [0.25, 0.3) is 0 Å². The largest absolute Gasteiger partial charge is 0.385 e. The first-order chi connectivity index (χ1) is 7.72. The standard InChI is InChI=1S/C13H27NO2/c1-12(5-9-15-2)14-11-13(6-4-7-13)8-10-16-3/h12,14H,4-11H2,1-3H3. The molecule has 1 aliphatic rings. The molecule has 0 aromatic rings. The highest BCUT2D eigenvalue weighted by molar-refractivity contribution is 4.90. The minimum atomic E-state index is 0.525. The third-order valence-electron chi connectivity index (χ3n) is 3.83. The van der Waals surface area contributed by atoms with E-state index in [1.165, 1.54) is 25.7 Å². The van der Waals surface area contributed by atoms with Gasteiger partial charge in [0.15, 0.2) is 0 Å². The first kappa shape index (κ1) is 13.9. The summed E-state index contributed by atoms with van der Waals surface area (Å²) in [5.74, 6) is 0. The molecule has 0 saturated heterocycles. The maximum Gasteiger partial charge on any atom is 0.0476 e. The number of hydrogen-bond acceptors (Lipinski definition) is 3. The summed E-state index contributed by atoms with van der Waals surface area (Å²) < 4.78 is 10.3. The molecule has 1 unspecified atom stereocenters. The van der Waals surface area contributed by atoms with Gasteiger partial charge < -0.3 is 14.8 Å². The Morgan fingerprint density at radius 2 is 1.88 bits per heavy atom. The van der Waals surface area contributed by atoms with E-state index in [9.17, 15) is 0 Å². The van der Waals surface area contributed by atoms with Crippen LogP contribution in [-0.4, -0.2) is 40.0 Å². The molecule has 0 aliphatic heterocycles. The van der Waals surface area contributed by atoms with Crippen LogP contribution in [0, 0.1) is 5.41 Å². The number of methoxy groups -OCH3 is 2. The summed E-state index contributed by atoms with van der Waals surface area (Å²) in [6.45, 7) is 5.12. The lowest BCUT2D eigenvalue weighted by Crippen LogP contribution is -2.43. The molecule has 16 heavy (non-hydrogen) atoms. The summed E-state index contributed by atoms with van der Waals surface area (Å²) in [6.07, 6.45) is 6.41. The van der Waals surface area contributed by atoms with Crippen molar-refractivity contribution in [1.29, 1.82) is 0 Å². The minimum absolute atomic E-state index is 0.525. The Bertz CT molecular complexity index is 181. The lowest BCUT2D eigenvalue weighted by atomic mass is 9.66. The molecule has 3 heteroatoms. The molecule has 1 rings (SSSR count). The van der Waals surface area contributed by atoms with Gasteiger partial charge in [-0.15, -0.1) is 0 Å². The van der Waals surface area contributed by atoms with Gasteiger partial charge in [0.25, 0.3) is 0 Å². The molecule has 0 aromatic heterocycles. The average molecular weight is 229 g/mol. The Morgan fingerprint density at radius 3 is 2.38 bits per heavy atom. The van der Waals surface area contributed by atoms with E-state index < -0.39 is 0 Å². The predicted molar refractivity (Wildman–Crippen MR) is 66.7 cm³/mol. The van der Waals surface area contributed by atoms with E-state index >= 15 is 0 Å². The summed E-state index contributed by atoms with van der Waals surface area (Å²) in [7, 11) is 3.56. The number of nitrogens with one attached hydrogen (secondary N) is 1. The van der Waals surface area contributed by atoms with Crippen LogP contribution >= 0.6 is 0 Å². The van der Waals surface area contributed by atoms with Gasteiger partial charge in [0.05, 0.1) is 0 Å². The van der Waals surface area contributed by atoms with E-state index in [1.807, 2.05) is 0 Å². The second-order valence-electron chi connectivity index (χ2n) is 5.16. The lowest BCUT2D eigenvalue weighted by Gasteiger charge is -2.43. The molecular formula is C13H27NO2. The van der Waals surface area contributed by atoms with Gasteiger partial charge in [-0.05, 0) is 38.0 Å². The summed E-state index contributed by atoms with van der Waals surface area (Å²) in [4.78, 5) is 0. The van der Waals surface area contributed by atoms with Crippen molar-refractivity contribution in [1.82, 2.24) is 5.32 Å². The highest BCUT2D eigenvalue weighted by Gasteiger charge is 2.36. The van der Waals surface area contributed by atoms with Gasteiger partial charge in [-0.3, -0.25) is 0 Å². The van der Waals surface area contributed by atoms with Crippen LogP contribution in [0.4, 0.5) is 0 Å². The molecule has 0 amide bonds. The third-order valence-corrected chi connectivity index (χ3v) is 3.83. The zero-order valence-electron chi connectivity index (χ0n) is 11.1. The quantitative estimate of drug-likeness (QED) is 0.657. The monoisotopic (exact) mass is 229 g/mol. The Morgan fingerprint density at radius 1 is 1.19 bits per heavy atom. The predicted octanol–water partition coefficient (Wildman–Crippen LogP) is 2.21. The second-order valence-corrected chi connectivity index (χ2v) is 5.16. The van der Waals surface area contributed by atoms with Gasteiger partial charge in [-0.2, -0.15) is 0 Å². The second kappa shape index (κ2) is 7.25. The van der Waals surface area contributed by atoms with Crippen molar-refractivity contribution in [3.8, 4) is 0 Å². The molecule has 1 N–H and O–H groups in total. The molecular weight excluding hydrogens is 202 g/mol. The van der Waals surface area contributed by atoms with Crippen molar-refractivity contribution in [2.45, 2.75) is 45.1 Å². The van der Waals surface area contributed by atoms with Gasteiger partial charge in [-0.1, -0.05) is 6.42 Å². The van der Waals surface area contributed by atoms with Crippen LogP contribution in [0.15, 0.2) is 0 Å². The van der Waals surface area contributed by atoms with Gasteiger partial charge >= 0.3 is 0 Å². The van der Waals surface area contributed by atoms with E-state index in [0.29, 0.717) is 11.5 Å². The molecule has 0 spiro atoms. The Hall–Kier alpha value is -0.120. The fourth-order valence-electron chi connectivity index (χ4n) is 2.30. The van der Waals surface area contributed by atoms with Crippen LogP contribution in [-0.2, 0) is 9.47 Å². The SMILES string of the molecule is COCCC(C)NCC1(CCOC)CCC1. The van der Waals surface area contributed by atoms with Crippen LogP contribution in [0.1, 0.15) is 39.0 Å². The average Bonchev–Trinajstić information content (AvgIpc) is 2.24. The Kier molecular flexibility index (Phi) is 6.32. The van der Waals surface area contributed by atoms with Crippen LogP contribution in [0.2, 0.25) is 0 Å². The molecule has 1 saturated carbocycles. The molecule has 0 aromatic carbocycles. The Labute approximate surface area is 99.9 Å².